The monoisotopic (exact) mass is 352 g/mol. The molecule has 4 atom stereocenters. The van der Waals surface area contributed by atoms with Gasteiger partial charge in [0.2, 0.25) is 0 Å². The van der Waals surface area contributed by atoms with Crippen molar-refractivity contribution in [2.75, 3.05) is 26.7 Å². The van der Waals surface area contributed by atoms with E-state index in [2.05, 4.69) is 41.5 Å². The Bertz CT molecular complexity index is 784. The van der Waals surface area contributed by atoms with Crippen LogP contribution in [0.15, 0.2) is 42.5 Å². The van der Waals surface area contributed by atoms with Crippen LogP contribution in [0.1, 0.15) is 28.3 Å². The van der Waals surface area contributed by atoms with Crippen LogP contribution in [0.3, 0.4) is 0 Å². The van der Waals surface area contributed by atoms with E-state index in [4.69, 9.17) is 0 Å². The van der Waals surface area contributed by atoms with Crippen LogP contribution >= 0.6 is 0 Å². The van der Waals surface area contributed by atoms with Crippen molar-refractivity contribution in [2.24, 2.45) is 11.8 Å². The summed E-state index contributed by atoms with van der Waals surface area (Å²) in [6.45, 7) is 5.97. The lowest BCUT2D eigenvalue weighted by Gasteiger charge is -2.35. The highest BCUT2D eigenvalue weighted by Crippen LogP contribution is 2.51. The number of benzene rings is 2. The van der Waals surface area contributed by atoms with Gasteiger partial charge in [-0.1, -0.05) is 42.5 Å². The molecule has 4 heteroatoms. The summed E-state index contributed by atoms with van der Waals surface area (Å²) >= 11 is 0. The minimum Gasteiger partial charge on any atom is -0.507 e. The summed E-state index contributed by atoms with van der Waals surface area (Å²) in [6.07, 6.45) is 0. The Labute approximate surface area is 155 Å². The third kappa shape index (κ3) is 2.56. The fourth-order valence-electron chi connectivity index (χ4n) is 5.17. The quantitative estimate of drug-likeness (QED) is 0.795. The molecule has 138 valence electrons. The zero-order chi connectivity index (χ0) is 18.5. The molecule has 2 aromatic carbocycles. The summed E-state index contributed by atoms with van der Waals surface area (Å²) in [7, 11) is 2.16. The fraction of sp³-hybridized carbons (Fsp3) is 0.455. The number of phenols is 1. The van der Waals surface area contributed by atoms with Crippen LogP contribution in [0.2, 0.25) is 0 Å². The smallest absolute Gasteiger partial charge is 0.121 e. The van der Waals surface area contributed by atoms with Gasteiger partial charge in [-0.05, 0) is 49.1 Å². The first kappa shape index (κ1) is 17.5. The van der Waals surface area contributed by atoms with Crippen LogP contribution < -0.4 is 5.32 Å². The second kappa shape index (κ2) is 6.38. The summed E-state index contributed by atoms with van der Waals surface area (Å²) in [6, 6.07) is 14.7. The number of hydrogen-bond acceptors (Lipinski definition) is 4. The summed E-state index contributed by atoms with van der Waals surface area (Å²) in [4.78, 5) is 2.37. The highest BCUT2D eigenvalue weighted by atomic mass is 16.3. The maximum absolute atomic E-state index is 10.5. The maximum atomic E-state index is 10.5. The standard InChI is InChI=1S/C22H28N2O2/c1-14-9-16(10-15(2)21(14)26)20-18-11-24(3)12-19(18)22(13-25,23-20)17-7-5-4-6-8-17/h4-10,18-20,23,25-26H,11-13H2,1-3H3/t18-,19+,20-,22-/m0/s1. The van der Waals surface area contributed by atoms with Crippen LogP contribution in [0.4, 0.5) is 0 Å². The summed E-state index contributed by atoms with van der Waals surface area (Å²) in [5, 5.41) is 24.5. The number of likely N-dealkylation sites (tertiary alicyclic amines) is 1. The molecule has 0 radical (unpaired) electrons. The van der Waals surface area contributed by atoms with E-state index in [9.17, 15) is 10.2 Å². The molecule has 2 aliphatic rings. The molecule has 26 heavy (non-hydrogen) atoms. The SMILES string of the molecule is Cc1cc([C@@H]2N[C@@](CO)(c3ccccc3)[C@@H]3CN(C)C[C@@H]32)cc(C)c1O. The molecule has 0 unspecified atom stereocenters. The molecule has 0 amide bonds. The minimum atomic E-state index is -0.430. The van der Waals surface area contributed by atoms with Gasteiger partial charge in [-0.15, -0.1) is 0 Å². The molecular weight excluding hydrogens is 324 g/mol. The Kier molecular flexibility index (Phi) is 4.30. The Morgan fingerprint density at radius 1 is 1.12 bits per heavy atom. The number of hydrogen-bond donors (Lipinski definition) is 3. The van der Waals surface area contributed by atoms with Gasteiger partial charge in [0.15, 0.2) is 0 Å². The van der Waals surface area contributed by atoms with E-state index >= 15 is 0 Å². The largest absolute Gasteiger partial charge is 0.507 e. The Morgan fingerprint density at radius 2 is 1.77 bits per heavy atom. The molecule has 0 bridgehead atoms. The van der Waals surface area contributed by atoms with Crippen LogP contribution in [-0.4, -0.2) is 41.9 Å². The van der Waals surface area contributed by atoms with Crippen molar-refractivity contribution in [3.63, 3.8) is 0 Å². The van der Waals surface area contributed by atoms with Crippen molar-refractivity contribution in [1.29, 1.82) is 0 Å². The van der Waals surface area contributed by atoms with Gasteiger partial charge in [0.25, 0.3) is 0 Å². The number of rotatable bonds is 3. The second-order valence-corrected chi connectivity index (χ2v) is 8.11. The molecule has 2 fully saturated rings. The number of aromatic hydroxyl groups is 1. The van der Waals surface area contributed by atoms with Crippen molar-refractivity contribution in [3.05, 3.63) is 64.7 Å². The summed E-state index contributed by atoms with van der Waals surface area (Å²) < 4.78 is 0. The van der Waals surface area contributed by atoms with Crippen LogP contribution in [0.5, 0.6) is 5.75 Å². The molecule has 0 spiro atoms. The van der Waals surface area contributed by atoms with E-state index in [0.717, 1.165) is 29.8 Å². The predicted molar refractivity (Wildman–Crippen MR) is 103 cm³/mol. The molecule has 2 heterocycles. The van der Waals surface area contributed by atoms with Crippen molar-refractivity contribution in [3.8, 4) is 5.75 Å². The predicted octanol–water partition coefficient (Wildman–Crippen LogP) is 2.72. The molecule has 2 saturated heterocycles. The third-order valence-corrected chi connectivity index (χ3v) is 6.43. The van der Waals surface area contributed by atoms with E-state index in [-0.39, 0.29) is 12.6 Å². The first-order chi connectivity index (χ1) is 12.5. The molecule has 0 saturated carbocycles. The average Bonchev–Trinajstić information content (AvgIpc) is 3.16. The van der Waals surface area contributed by atoms with Crippen molar-refractivity contribution >= 4 is 0 Å². The number of nitrogens with zero attached hydrogens (tertiary/aromatic N) is 1. The number of aryl methyl sites for hydroxylation is 2. The number of fused-ring (bicyclic) bond motifs is 1. The van der Waals surface area contributed by atoms with Gasteiger partial charge in [-0.25, -0.2) is 0 Å². The molecule has 2 aromatic rings. The normalized spacial score (nSPS) is 31.3. The van der Waals surface area contributed by atoms with E-state index in [0.29, 0.717) is 17.6 Å². The van der Waals surface area contributed by atoms with Gasteiger partial charge in [-0.2, -0.15) is 0 Å². The average molecular weight is 352 g/mol. The summed E-state index contributed by atoms with van der Waals surface area (Å²) in [5.74, 6) is 1.15. The Balaban J connectivity index is 1.81. The van der Waals surface area contributed by atoms with Gasteiger partial charge in [0, 0.05) is 25.0 Å². The molecule has 0 aromatic heterocycles. The molecular formula is C22H28N2O2. The summed E-state index contributed by atoms with van der Waals surface area (Å²) in [5.41, 5.74) is 3.75. The Morgan fingerprint density at radius 3 is 2.38 bits per heavy atom. The topological polar surface area (TPSA) is 55.7 Å². The van der Waals surface area contributed by atoms with Gasteiger partial charge in [0.1, 0.15) is 5.75 Å². The molecule has 4 nitrogen and oxygen atoms in total. The number of aliphatic hydroxyl groups is 1. The minimum absolute atomic E-state index is 0.0819. The zero-order valence-electron chi connectivity index (χ0n) is 15.7. The third-order valence-electron chi connectivity index (χ3n) is 6.43. The van der Waals surface area contributed by atoms with Crippen molar-refractivity contribution in [1.82, 2.24) is 10.2 Å². The van der Waals surface area contributed by atoms with Gasteiger partial charge in [-0.3, -0.25) is 5.32 Å². The lowest BCUT2D eigenvalue weighted by Crippen LogP contribution is -2.47. The maximum Gasteiger partial charge on any atom is 0.121 e. The van der Waals surface area contributed by atoms with E-state index < -0.39 is 5.54 Å². The Hall–Kier alpha value is -1.88. The van der Waals surface area contributed by atoms with E-state index in [1.54, 1.807) is 0 Å². The lowest BCUT2D eigenvalue weighted by atomic mass is 9.76. The van der Waals surface area contributed by atoms with E-state index in [1.165, 1.54) is 5.56 Å². The van der Waals surface area contributed by atoms with Gasteiger partial charge in [0.05, 0.1) is 12.1 Å². The number of phenolic OH excluding ortho intramolecular Hbond substituents is 1. The number of aliphatic hydroxyl groups excluding tert-OH is 1. The van der Waals surface area contributed by atoms with Crippen molar-refractivity contribution in [2.45, 2.75) is 25.4 Å². The number of nitrogens with one attached hydrogen (secondary N) is 1. The highest BCUT2D eigenvalue weighted by Gasteiger charge is 2.56. The van der Waals surface area contributed by atoms with E-state index in [1.807, 2.05) is 32.0 Å². The molecule has 4 rings (SSSR count). The van der Waals surface area contributed by atoms with Crippen LogP contribution in [-0.2, 0) is 5.54 Å². The van der Waals surface area contributed by atoms with Crippen LogP contribution in [0.25, 0.3) is 0 Å². The van der Waals surface area contributed by atoms with Crippen LogP contribution in [0, 0.1) is 25.7 Å². The molecule has 0 aliphatic carbocycles. The molecule has 3 N–H and O–H groups in total. The lowest BCUT2D eigenvalue weighted by molar-refractivity contribution is 0.129. The molecule has 2 aliphatic heterocycles. The second-order valence-electron chi connectivity index (χ2n) is 8.11. The first-order valence-electron chi connectivity index (χ1n) is 9.39. The van der Waals surface area contributed by atoms with Gasteiger partial charge < -0.3 is 15.1 Å². The highest BCUT2D eigenvalue weighted by molar-refractivity contribution is 5.44. The first-order valence-corrected chi connectivity index (χ1v) is 9.39. The van der Waals surface area contributed by atoms with Crippen molar-refractivity contribution < 1.29 is 10.2 Å². The fourth-order valence-corrected chi connectivity index (χ4v) is 5.17. The zero-order valence-corrected chi connectivity index (χ0v) is 15.7. The van der Waals surface area contributed by atoms with Gasteiger partial charge >= 0.3 is 0 Å².